The minimum atomic E-state index is -0.945. The Balaban J connectivity index is 2.13. The van der Waals surface area contributed by atoms with Crippen LogP contribution in [0.5, 0.6) is 0 Å². The van der Waals surface area contributed by atoms with Crippen molar-refractivity contribution in [2.75, 3.05) is 27.3 Å². The molecule has 1 atom stereocenters. The Hall–Kier alpha value is -2.36. The maximum absolute atomic E-state index is 13.4. The molecule has 1 amide bonds. The predicted octanol–water partition coefficient (Wildman–Crippen LogP) is 2.20. The summed E-state index contributed by atoms with van der Waals surface area (Å²) < 4.78 is 7.01. The first-order valence-electron chi connectivity index (χ1n) is 8.01. The van der Waals surface area contributed by atoms with E-state index in [0.29, 0.717) is 35.7 Å². The molecule has 2 aromatic rings. The number of likely N-dealkylation sites (N-methyl/N-ethyl adjacent to an activating group) is 1. The van der Waals surface area contributed by atoms with Gasteiger partial charge in [-0.25, -0.2) is 4.98 Å². The molecule has 0 fully saturated rings. The summed E-state index contributed by atoms with van der Waals surface area (Å²) in [6, 6.07) is 7.15. The number of methoxy groups -OCH3 is 1. The summed E-state index contributed by atoms with van der Waals surface area (Å²) in [5, 5.41) is 9.50. The highest BCUT2D eigenvalue weighted by atomic mass is 35.5. The zero-order valence-corrected chi connectivity index (χ0v) is 15.0. The number of rotatable bonds is 5. The highest BCUT2D eigenvalue weighted by Gasteiger charge is 2.49. The summed E-state index contributed by atoms with van der Waals surface area (Å²) in [6.07, 6.45) is 4.80. The smallest absolute Gasteiger partial charge is 0.253 e. The molecule has 1 aliphatic rings. The highest BCUT2D eigenvalue weighted by Crippen LogP contribution is 2.42. The lowest BCUT2D eigenvalue weighted by molar-refractivity contribution is -0.137. The predicted molar refractivity (Wildman–Crippen MR) is 93.3 cm³/mol. The molecule has 6 nitrogen and oxygen atoms in total. The molecule has 0 saturated heterocycles. The van der Waals surface area contributed by atoms with Crippen molar-refractivity contribution in [2.24, 2.45) is 0 Å². The van der Waals surface area contributed by atoms with Gasteiger partial charge in [0.15, 0.2) is 5.54 Å². The van der Waals surface area contributed by atoms with Crippen LogP contribution in [0, 0.1) is 11.3 Å². The Labute approximate surface area is 151 Å². The average Bonchev–Trinajstić information content (AvgIpc) is 3.22. The lowest BCUT2D eigenvalue weighted by atomic mass is 9.85. The van der Waals surface area contributed by atoms with Gasteiger partial charge in [-0.05, 0) is 25.0 Å². The largest absolute Gasteiger partial charge is 0.383 e. The van der Waals surface area contributed by atoms with Crippen LogP contribution in [0.15, 0.2) is 30.7 Å². The topological polar surface area (TPSA) is 71.2 Å². The zero-order chi connectivity index (χ0) is 18.0. The fourth-order valence-electron chi connectivity index (χ4n) is 3.44. The number of benzene rings is 1. The Morgan fingerprint density at radius 2 is 2.36 bits per heavy atom. The molecule has 1 aromatic heterocycles. The van der Waals surface area contributed by atoms with Gasteiger partial charge in [-0.3, -0.25) is 4.79 Å². The van der Waals surface area contributed by atoms with Crippen molar-refractivity contribution in [3.8, 4) is 6.07 Å². The lowest BCUT2D eigenvalue weighted by Gasteiger charge is -2.35. The molecule has 0 aliphatic carbocycles. The molecule has 2 heterocycles. The summed E-state index contributed by atoms with van der Waals surface area (Å²) >= 11 is 6.48. The zero-order valence-electron chi connectivity index (χ0n) is 14.2. The van der Waals surface area contributed by atoms with Gasteiger partial charge in [-0.15, -0.1) is 0 Å². The molecule has 0 radical (unpaired) electrons. The first kappa shape index (κ1) is 17.5. The van der Waals surface area contributed by atoms with Crippen molar-refractivity contribution in [1.29, 1.82) is 5.26 Å². The van der Waals surface area contributed by atoms with E-state index in [1.165, 1.54) is 0 Å². The number of imidazole rings is 1. The first-order chi connectivity index (χ1) is 12.0. The Morgan fingerprint density at radius 3 is 3.04 bits per heavy atom. The SMILES string of the molecule is COCCN(C)C(=O)C1(c2ccc(C#N)cc2Cl)CCc2cncn21. The van der Waals surface area contributed by atoms with Crippen LogP contribution < -0.4 is 0 Å². The number of hydrogen-bond donors (Lipinski definition) is 0. The average molecular weight is 359 g/mol. The molecule has 1 aromatic carbocycles. The van der Waals surface area contributed by atoms with Gasteiger partial charge in [0.1, 0.15) is 0 Å². The number of nitriles is 1. The van der Waals surface area contributed by atoms with E-state index in [9.17, 15) is 4.79 Å². The van der Waals surface area contributed by atoms with Crippen LogP contribution in [0.4, 0.5) is 0 Å². The fourth-order valence-corrected chi connectivity index (χ4v) is 3.77. The minimum absolute atomic E-state index is 0.0621. The van der Waals surface area contributed by atoms with Crippen molar-refractivity contribution < 1.29 is 9.53 Å². The Kier molecular flexibility index (Phi) is 4.80. The van der Waals surface area contributed by atoms with Crippen LogP contribution in [0.2, 0.25) is 5.02 Å². The van der Waals surface area contributed by atoms with Crippen molar-refractivity contribution >= 4 is 17.5 Å². The number of aryl methyl sites for hydroxylation is 1. The Bertz CT molecular complexity index is 842. The number of carbonyl (C=O) groups excluding carboxylic acids is 1. The Morgan fingerprint density at radius 1 is 1.56 bits per heavy atom. The van der Waals surface area contributed by atoms with Crippen molar-refractivity contribution in [3.05, 3.63) is 52.6 Å². The molecule has 7 heteroatoms. The van der Waals surface area contributed by atoms with Crippen LogP contribution in [0.25, 0.3) is 0 Å². The van der Waals surface area contributed by atoms with E-state index >= 15 is 0 Å². The van der Waals surface area contributed by atoms with Crippen LogP contribution >= 0.6 is 11.6 Å². The van der Waals surface area contributed by atoms with Gasteiger partial charge in [0.05, 0.1) is 24.6 Å². The van der Waals surface area contributed by atoms with E-state index in [-0.39, 0.29) is 5.91 Å². The number of aromatic nitrogens is 2. The van der Waals surface area contributed by atoms with Gasteiger partial charge in [0.25, 0.3) is 5.91 Å². The van der Waals surface area contributed by atoms with Crippen LogP contribution in [0.3, 0.4) is 0 Å². The lowest BCUT2D eigenvalue weighted by Crippen LogP contribution is -2.49. The second-order valence-corrected chi connectivity index (χ2v) is 6.55. The summed E-state index contributed by atoms with van der Waals surface area (Å²) in [6.45, 7) is 0.936. The van der Waals surface area contributed by atoms with Gasteiger partial charge in [0, 0.05) is 43.2 Å². The monoisotopic (exact) mass is 358 g/mol. The molecule has 0 spiro atoms. The maximum Gasteiger partial charge on any atom is 0.253 e. The van der Waals surface area contributed by atoms with Gasteiger partial charge in [0.2, 0.25) is 0 Å². The molecular formula is C18H19ClN4O2. The molecule has 0 N–H and O–H groups in total. The van der Waals surface area contributed by atoms with Crippen molar-refractivity contribution in [3.63, 3.8) is 0 Å². The second kappa shape index (κ2) is 6.87. The fraction of sp³-hybridized carbons (Fsp3) is 0.389. The van der Waals surface area contributed by atoms with E-state index in [4.69, 9.17) is 21.6 Å². The van der Waals surface area contributed by atoms with E-state index in [1.807, 2.05) is 4.57 Å². The molecule has 25 heavy (non-hydrogen) atoms. The third-order valence-corrected chi connectivity index (χ3v) is 5.06. The standard InChI is InChI=1S/C18H19ClN4O2/c1-22(7-8-25-2)17(24)18(6-5-14-11-21-12-23(14)18)15-4-3-13(10-20)9-16(15)19/h3-4,9,11-12H,5-8H2,1-2H3. The normalized spacial score (nSPS) is 18.6. The summed E-state index contributed by atoms with van der Waals surface area (Å²) in [5.41, 5.74) is 1.21. The van der Waals surface area contributed by atoms with Gasteiger partial charge >= 0.3 is 0 Å². The quantitative estimate of drug-likeness (QED) is 0.821. The van der Waals surface area contributed by atoms with Crippen LogP contribution in [-0.2, 0) is 21.5 Å². The second-order valence-electron chi connectivity index (χ2n) is 6.14. The van der Waals surface area contributed by atoms with Crippen molar-refractivity contribution in [2.45, 2.75) is 18.4 Å². The van der Waals surface area contributed by atoms with Crippen LogP contribution in [-0.4, -0.2) is 47.7 Å². The first-order valence-corrected chi connectivity index (χ1v) is 8.38. The summed E-state index contributed by atoms with van der Waals surface area (Å²) in [7, 11) is 3.37. The number of hydrogen-bond acceptors (Lipinski definition) is 4. The number of halogens is 1. The maximum atomic E-state index is 13.4. The van der Waals surface area contributed by atoms with Gasteiger partial charge in [-0.1, -0.05) is 17.7 Å². The minimum Gasteiger partial charge on any atom is -0.383 e. The van der Waals surface area contributed by atoms with Crippen molar-refractivity contribution in [1.82, 2.24) is 14.5 Å². The molecule has 1 unspecified atom stereocenters. The van der Waals surface area contributed by atoms with Gasteiger partial charge in [-0.2, -0.15) is 5.26 Å². The number of amides is 1. The van der Waals surface area contributed by atoms with Crippen LogP contribution in [0.1, 0.15) is 23.2 Å². The molecule has 130 valence electrons. The molecule has 3 rings (SSSR count). The third-order valence-electron chi connectivity index (χ3n) is 4.74. The van der Waals surface area contributed by atoms with E-state index < -0.39 is 5.54 Å². The highest BCUT2D eigenvalue weighted by molar-refractivity contribution is 6.32. The molecular weight excluding hydrogens is 340 g/mol. The molecule has 0 saturated carbocycles. The number of carbonyl (C=O) groups is 1. The number of fused-ring (bicyclic) bond motifs is 1. The molecule has 0 bridgehead atoms. The summed E-state index contributed by atoms with van der Waals surface area (Å²) in [4.78, 5) is 19.3. The van der Waals surface area contributed by atoms with E-state index in [2.05, 4.69) is 11.1 Å². The number of nitrogens with zero attached hydrogens (tertiary/aromatic N) is 4. The van der Waals surface area contributed by atoms with E-state index in [0.717, 1.165) is 12.1 Å². The number of ether oxygens (including phenoxy) is 1. The summed E-state index contributed by atoms with van der Waals surface area (Å²) in [5.74, 6) is -0.0621. The van der Waals surface area contributed by atoms with Gasteiger partial charge < -0.3 is 14.2 Å². The van der Waals surface area contributed by atoms with E-state index in [1.54, 1.807) is 49.8 Å². The molecule has 1 aliphatic heterocycles. The third kappa shape index (κ3) is 2.80.